The van der Waals surface area contributed by atoms with Crippen molar-refractivity contribution >= 4 is 5.82 Å². The predicted octanol–water partition coefficient (Wildman–Crippen LogP) is 4.13. The maximum absolute atomic E-state index is 13.1. The highest BCUT2D eigenvalue weighted by atomic mass is 19.1. The first-order valence-electron chi connectivity index (χ1n) is 7.28. The molecule has 1 aromatic carbocycles. The number of nitrogen functional groups attached to an aromatic ring is 1. The summed E-state index contributed by atoms with van der Waals surface area (Å²) in [4.78, 5) is 4.52. The van der Waals surface area contributed by atoms with Crippen LogP contribution in [-0.2, 0) is 12.8 Å². The Hall–Kier alpha value is -1.90. The summed E-state index contributed by atoms with van der Waals surface area (Å²) in [6.07, 6.45) is 6.93. The van der Waals surface area contributed by atoms with Crippen LogP contribution in [0.2, 0.25) is 0 Å². The molecular weight excluding hydrogens is 251 g/mol. The Balaban J connectivity index is 2.11. The van der Waals surface area contributed by atoms with Gasteiger partial charge in [0.05, 0.1) is 0 Å². The molecule has 0 unspecified atom stereocenters. The van der Waals surface area contributed by atoms with E-state index in [-0.39, 0.29) is 5.82 Å². The van der Waals surface area contributed by atoms with E-state index in [1.54, 1.807) is 0 Å². The van der Waals surface area contributed by atoms with Crippen LogP contribution < -0.4 is 5.73 Å². The fourth-order valence-corrected chi connectivity index (χ4v) is 2.97. The number of hydrogen-bond donors (Lipinski definition) is 1. The summed E-state index contributed by atoms with van der Waals surface area (Å²) >= 11 is 0. The lowest BCUT2D eigenvalue weighted by atomic mass is 9.90. The average Bonchev–Trinajstić information content (AvgIpc) is 2.41. The van der Waals surface area contributed by atoms with E-state index < -0.39 is 0 Å². The molecule has 0 aliphatic heterocycles. The van der Waals surface area contributed by atoms with Crippen LogP contribution in [-0.4, -0.2) is 4.98 Å². The predicted molar refractivity (Wildman–Crippen MR) is 79.9 cm³/mol. The van der Waals surface area contributed by atoms with E-state index in [1.807, 2.05) is 18.2 Å². The van der Waals surface area contributed by atoms with E-state index in [4.69, 9.17) is 5.73 Å². The molecule has 0 saturated heterocycles. The van der Waals surface area contributed by atoms with Crippen LogP contribution >= 0.6 is 0 Å². The molecule has 2 N–H and O–H groups in total. The van der Waals surface area contributed by atoms with Crippen molar-refractivity contribution in [2.75, 3.05) is 5.73 Å². The number of fused-ring (bicyclic) bond motifs is 1. The van der Waals surface area contributed by atoms with Gasteiger partial charge < -0.3 is 5.73 Å². The SMILES string of the molecule is Nc1cc(-c2ccc(F)cc2)c2c(n1)CCCCCC2. The van der Waals surface area contributed by atoms with Crippen molar-refractivity contribution in [1.82, 2.24) is 4.98 Å². The monoisotopic (exact) mass is 270 g/mol. The largest absolute Gasteiger partial charge is 0.384 e. The third-order valence-electron chi connectivity index (χ3n) is 3.98. The zero-order valence-corrected chi connectivity index (χ0v) is 11.5. The Morgan fingerprint density at radius 2 is 1.65 bits per heavy atom. The van der Waals surface area contributed by atoms with E-state index in [0.717, 1.165) is 29.7 Å². The summed E-state index contributed by atoms with van der Waals surface area (Å²) in [6.45, 7) is 0. The molecule has 2 nitrogen and oxygen atoms in total. The molecular formula is C17H19FN2. The second kappa shape index (κ2) is 5.61. The zero-order valence-electron chi connectivity index (χ0n) is 11.5. The minimum atomic E-state index is -0.210. The smallest absolute Gasteiger partial charge is 0.124 e. The van der Waals surface area contributed by atoms with Gasteiger partial charge in [-0.15, -0.1) is 0 Å². The second-order valence-corrected chi connectivity index (χ2v) is 5.44. The van der Waals surface area contributed by atoms with Gasteiger partial charge in [-0.3, -0.25) is 0 Å². The Kier molecular flexibility index (Phi) is 3.68. The number of anilines is 1. The molecule has 104 valence electrons. The molecule has 1 heterocycles. The molecule has 20 heavy (non-hydrogen) atoms. The van der Waals surface area contributed by atoms with E-state index in [2.05, 4.69) is 4.98 Å². The highest BCUT2D eigenvalue weighted by Gasteiger charge is 2.15. The third kappa shape index (κ3) is 2.67. The number of aromatic nitrogens is 1. The Labute approximate surface area is 118 Å². The molecule has 1 aromatic heterocycles. The van der Waals surface area contributed by atoms with Crippen molar-refractivity contribution in [2.24, 2.45) is 0 Å². The molecule has 0 spiro atoms. The van der Waals surface area contributed by atoms with E-state index in [9.17, 15) is 4.39 Å². The zero-order chi connectivity index (χ0) is 13.9. The van der Waals surface area contributed by atoms with Crippen molar-refractivity contribution in [1.29, 1.82) is 0 Å². The van der Waals surface area contributed by atoms with Crippen LogP contribution in [0.15, 0.2) is 30.3 Å². The molecule has 2 aromatic rings. The number of aryl methyl sites for hydroxylation is 1. The van der Waals surface area contributed by atoms with Gasteiger partial charge in [0.1, 0.15) is 11.6 Å². The fourth-order valence-electron chi connectivity index (χ4n) is 2.97. The molecule has 3 rings (SSSR count). The van der Waals surface area contributed by atoms with Crippen molar-refractivity contribution in [2.45, 2.75) is 38.5 Å². The Bertz CT molecular complexity index is 605. The summed E-state index contributed by atoms with van der Waals surface area (Å²) in [5.41, 5.74) is 10.5. The molecule has 0 saturated carbocycles. The van der Waals surface area contributed by atoms with Gasteiger partial charge in [0.25, 0.3) is 0 Å². The van der Waals surface area contributed by atoms with Gasteiger partial charge >= 0.3 is 0 Å². The van der Waals surface area contributed by atoms with Crippen molar-refractivity contribution < 1.29 is 4.39 Å². The maximum atomic E-state index is 13.1. The molecule has 0 radical (unpaired) electrons. The minimum Gasteiger partial charge on any atom is -0.384 e. The third-order valence-corrected chi connectivity index (χ3v) is 3.98. The highest BCUT2D eigenvalue weighted by molar-refractivity contribution is 5.70. The number of rotatable bonds is 1. The lowest BCUT2D eigenvalue weighted by Crippen LogP contribution is -2.07. The van der Waals surface area contributed by atoms with Gasteiger partial charge in [-0.05, 0) is 60.6 Å². The van der Waals surface area contributed by atoms with Crippen LogP contribution in [0.1, 0.15) is 36.9 Å². The molecule has 0 bridgehead atoms. The maximum Gasteiger partial charge on any atom is 0.124 e. The van der Waals surface area contributed by atoms with Gasteiger partial charge in [0.2, 0.25) is 0 Å². The molecule has 0 amide bonds. The first-order valence-corrected chi connectivity index (χ1v) is 7.28. The van der Waals surface area contributed by atoms with Gasteiger partial charge in [-0.2, -0.15) is 0 Å². The van der Waals surface area contributed by atoms with E-state index in [1.165, 1.54) is 43.4 Å². The number of pyridine rings is 1. The standard InChI is InChI=1S/C17H19FN2/c18-13-9-7-12(8-10-13)15-11-17(19)20-16-6-4-2-1-3-5-14(15)16/h7-11H,1-6H2,(H2,19,20). The van der Waals surface area contributed by atoms with Crippen LogP contribution in [0.5, 0.6) is 0 Å². The number of benzene rings is 1. The summed E-state index contributed by atoms with van der Waals surface area (Å²) < 4.78 is 13.1. The number of nitrogens with zero attached hydrogens (tertiary/aromatic N) is 1. The van der Waals surface area contributed by atoms with Gasteiger partial charge in [-0.25, -0.2) is 9.37 Å². The minimum absolute atomic E-state index is 0.210. The Morgan fingerprint density at radius 1 is 0.950 bits per heavy atom. The summed E-state index contributed by atoms with van der Waals surface area (Å²) in [7, 11) is 0. The quantitative estimate of drug-likeness (QED) is 0.846. The molecule has 3 heteroatoms. The highest BCUT2D eigenvalue weighted by Crippen LogP contribution is 2.31. The van der Waals surface area contributed by atoms with Gasteiger partial charge in [0, 0.05) is 5.69 Å². The molecule has 0 fully saturated rings. The van der Waals surface area contributed by atoms with Crippen molar-refractivity contribution in [3.05, 3.63) is 47.4 Å². The fraction of sp³-hybridized carbons (Fsp3) is 0.353. The first-order chi connectivity index (χ1) is 9.74. The normalized spacial score (nSPS) is 15.2. The van der Waals surface area contributed by atoms with E-state index in [0.29, 0.717) is 5.82 Å². The molecule has 0 atom stereocenters. The van der Waals surface area contributed by atoms with Crippen molar-refractivity contribution in [3.63, 3.8) is 0 Å². The Morgan fingerprint density at radius 3 is 2.40 bits per heavy atom. The number of hydrogen-bond acceptors (Lipinski definition) is 2. The van der Waals surface area contributed by atoms with Crippen LogP contribution in [0, 0.1) is 5.82 Å². The molecule has 1 aliphatic carbocycles. The average molecular weight is 270 g/mol. The summed E-state index contributed by atoms with van der Waals surface area (Å²) in [5, 5.41) is 0. The lowest BCUT2D eigenvalue weighted by molar-refractivity contribution is 0.610. The topological polar surface area (TPSA) is 38.9 Å². The first kappa shape index (κ1) is 13.1. The summed E-state index contributed by atoms with van der Waals surface area (Å²) in [5.74, 6) is 0.349. The number of halogens is 1. The van der Waals surface area contributed by atoms with Gasteiger partial charge in [-0.1, -0.05) is 25.0 Å². The van der Waals surface area contributed by atoms with E-state index >= 15 is 0 Å². The summed E-state index contributed by atoms with van der Waals surface area (Å²) in [6, 6.07) is 8.57. The lowest BCUT2D eigenvalue weighted by Gasteiger charge is -2.18. The van der Waals surface area contributed by atoms with Crippen molar-refractivity contribution in [3.8, 4) is 11.1 Å². The van der Waals surface area contributed by atoms with Crippen LogP contribution in [0.3, 0.4) is 0 Å². The number of nitrogens with two attached hydrogens (primary N) is 1. The second-order valence-electron chi connectivity index (χ2n) is 5.44. The van der Waals surface area contributed by atoms with Gasteiger partial charge in [0.15, 0.2) is 0 Å². The van der Waals surface area contributed by atoms with Crippen LogP contribution in [0.4, 0.5) is 10.2 Å². The molecule has 1 aliphatic rings. The van der Waals surface area contributed by atoms with Crippen LogP contribution in [0.25, 0.3) is 11.1 Å².